The van der Waals surface area contributed by atoms with Crippen LogP contribution >= 0.6 is 0 Å². The van der Waals surface area contributed by atoms with Crippen molar-refractivity contribution >= 4 is 0 Å². The Hall–Kier alpha value is -0.160. The topological polar surface area (TPSA) is 27.7 Å². The van der Waals surface area contributed by atoms with Crippen LogP contribution in [0.15, 0.2) is 0 Å². The molecule has 2 atom stereocenters. The van der Waals surface area contributed by atoms with Gasteiger partial charge in [-0.2, -0.15) is 0 Å². The lowest BCUT2D eigenvalue weighted by Gasteiger charge is -2.33. The highest BCUT2D eigenvalue weighted by Gasteiger charge is 2.30. The fourth-order valence-electron chi connectivity index (χ4n) is 3.58. The molecule has 0 aromatic heterocycles. The lowest BCUT2D eigenvalue weighted by Crippen LogP contribution is -2.45. The Morgan fingerprint density at radius 3 is 2.70 bits per heavy atom. The maximum Gasteiger partial charge on any atom is 0.0594 e. The van der Waals surface area contributed by atoms with Gasteiger partial charge in [-0.1, -0.05) is 0 Å². The van der Waals surface area contributed by atoms with Crippen molar-refractivity contribution < 1.29 is 4.74 Å². The van der Waals surface area contributed by atoms with Crippen LogP contribution in [0.4, 0.5) is 0 Å². The fraction of sp³-hybridized carbons (Fsp3) is 1.00. The van der Waals surface area contributed by atoms with Crippen LogP contribution in [0.3, 0.4) is 0 Å². The van der Waals surface area contributed by atoms with Gasteiger partial charge in [-0.15, -0.1) is 0 Å². The van der Waals surface area contributed by atoms with Crippen LogP contribution in [-0.4, -0.2) is 73.9 Å². The molecular weight excluding hydrogens is 250 g/mol. The second-order valence-electron chi connectivity index (χ2n) is 6.81. The zero-order valence-electron chi connectivity index (χ0n) is 13.0. The van der Waals surface area contributed by atoms with Gasteiger partial charge in [0, 0.05) is 44.3 Å². The quantitative estimate of drug-likeness (QED) is 0.712. The van der Waals surface area contributed by atoms with Crippen LogP contribution in [-0.2, 0) is 4.74 Å². The molecule has 4 heteroatoms. The van der Waals surface area contributed by atoms with Gasteiger partial charge in [0.05, 0.1) is 13.2 Å². The molecule has 1 saturated carbocycles. The maximum atomic E-state index is 5.46. The second kappa shape index (κ2) is 7.21. The summed E-state index contributed by atoms with van der Waals surface area (Å²) < 4.78 is 5.46. The number of likely N-dealkylation sites (tertiary alicyclic amines) is 1. The largest absolute Gasteiger partial charge is 0.379 e. The normalized spacial score (nSPS) is 30.8. The number of rotatable bonds is 7. The molecule has 0 spiro atoms. The van der Waals surface area contributed by atoms with Crippen LogP contribution in [0.1, 0.15) is 39.0 Å². The zero-order chi connectivity index (χ0) is 13.8. The third-order valence-corrected chi connectivity index (χ3v) is 5.19. The summed E-state index contributed by atoms with van der Waals surface area (Å²) in [6.45, 7) is 10.3. The molecule has 3 fully saturated rings. The average Bonchev–Trinajstić information content (AvgIpc) is 3.18. The van der Waals surface area contributed by atoms with E-state index in [9.17, 15) is 0 Å². The Labute approximate surface area is 123 Å². The lowest BCUT2D eigenvalue weighted by molar-refractivity contribution is 0.0177. The summed E-state index contributed by atoms with van der Waals surface area (Å²) in [5.41, 5.74) is 0. The molecule has 0 aromatic carbocycles. The SMILES string of the molecule is CC(CCCNC1CC1)N1CCC(N2CCOCC2)C1. The van der Waals surface area contributed by atoms with Gasteiger partial charge in [0.25, 0.3) is 0 Å². The molecule has 2 heterocycles. The van der Waals surface area contributed by atoms with E-state index in [1.165, 1.54) is 51.7 Å². The molecule has 2 unspecified atom stereocenters. The van der Waals surface area contributed by atoms with Crippen molar-refractivity contribution in [2.75, 3.05) is 45.9 Å². The summed E-state index contributed by atoms with van der Waals surface area (Å²) in [4.78, 5) is 5.35. The van der Waals surface area contributed by atoms with Crippen molar-refractivity contribution in [1.29, 1.82) is 0 Å². The molecule has 2 saturated heterocycles. The molecule has 116 valence electrons. The molecule has 1 aliphatic carbocycles. The van der Waals surface area contributed by atoms with E-state index in [1.807, 2.05) is 0 Å². The molecule has 0 radical (unpaired) electrons. The number of ether oxygens (including phenoxy) is 1. The molecule has 0 aromatic rings. The van der Waals surface area contributed by atoms with Crippen molar-refractivity contribution in [3.05, 3.63) is 0 Å². The summed E-state index contributed by atoms with van der Waals surface area (Å²) in [6.07, 6.45) is 6.84. The molecule has 3 rings (SSSR count). The van der Waals surface area contributed by atoms with Gasteiger partial charge in [0.15, 0.2) is 0 Å². The predicted molar refractivity (Wildman–Crippen MR) is 82.1 cm³/mol. The van der Waals surface area contributed by atoms with E-state index < -0.39 is 0 Å². The van der Waals surface area contributed by atoms with Gasteiger partial charge in [0.2, 0.25) is 0 Å². The van der Waals surface area contributed by atoms with Gasteiger partial charge in [0.1, 0.15) is 0 Å². The summed E-state index contributed by atoms with van der Waals surface area (Å²) in [7, 11) is 0. The minimum Gasteiger partial charge on any atom is -0.379 e. The molecular formula is C16H31N3O. The van der Waals surface area contributed by atoms with Crippen LogP contribution in [0, 0.1) is 0 Å². The van der Waals surface area contributed by atoms with Crippen molar-refractivity contribution in [3.8, 4) is 0 Å². The van der Waals surface area contributed by atoms with Crippen molar-refractivity contribution in [3.63, 3.8) is 0 Å². The minimum atomic E-state index is 0.752. The van der Waals surface area contributed by atoms with E-state index in [-0.39, 0.29) is 0 Å². The van der Waals surface area contributed by atoms with Gasteiger partial charge >= 0.3 is 0 Å². The molecule has 2 aliphatic heterocycles. The fourth-order valence-corrected chi connectivity index (χ4v) is 3.58. The number of hydrogen-bond donors (Lipinski definition) is 1. The van der Waals surface area contributed by atoms with Crippen molar-refractivity contribution in [1.82, 2.24) is 15.1 Å². The Balaban J connectivity index is 1.32. The van der Waals surface area contributed by atoms with Crippen molar-refractivity contribution in [2.45, 2.75) is 57.2 Å². The van der Waals surface area contributed by atoms with Crippen LogP contribution in [0.25, 0.3) is 0 Å². The Bertz CT molecular complexity index is 289. The number of morpholine rings is 1. The van der Waals surface area contributed by atoms with E-state index in [0.717, 1.165) is 44.4 Å². The van der Waals surface area contributed by atoms with Gasteiger partial charge in [-0.05, 0) is 45.6 Å². The Morgan fingerprint density at radius 2 is 1.95 bits per heavy atom. The van der Waals surface area contributed by atoms with Crippen LogP contribution in [0.2, 0.25) is 0 Å². The smallest absolute Gasteiger partial charge is 0.0594 e. The lowest BCUT2D eigenvalue weighted by atomic mass is 10.1. The third-order valence-electron chi connectivity index (χ3n) is 5.19. The Morgan fingerprint density at radius 1 is 1.15 bits per heavy atom. The first-order valence-electron chi connectivity index (χ1n) is 8.62. The number of hydrogen-bond acceptors (Lipinski definition) is 4. The molecule has 0 bridgehead atoms. The minimum absolute atomic E-state index is 0.752. The van der Waals surface area contributed by atoms with Gasteiger partial charge in [-0.3, -0.25) is 9.80 Å². The summed E-state index contributed by atoms with van der Waals surface area (Å²) in [5, 5.41) is 3.62. The highest BCUT2D eigenvalue weighted by Crippen LogP contribution is 2.21. The third kappa shape index (κ3) is 4.17. The molecule has 1 N–H and O–H groups in total. The van der Waals surface area contributed by atoms with Crippen LogP contribution < -0.4 is 5.32 Å². The first kappa shape index (κ1) is 14.8. The molecule has 4 nitrogen and oxygen atoms in total. The molecule has 0 amide bonds. The highest BCUT2D eigenvalue weighted by atomic mass is 16.5. The zero-order valence-corrected chi connectivity index (χ0v) is 13.0. The predicted octanol–water partition coefficient (Wildman–Crippen LogP) is 1.31. The van der Waals surface area contributed by atoms with Gasteiger partial charge in [-0.25, -0.2) is 0 Å². The molecule has 20 heavy (non-hydrogen) atoms. The monoisotopic (exact) mass is 281 g/mol. The molecule has 3 aliphatic rings. The van der Waals surface area contributed by atoms with E-state index in [1.54, 1.807) is 0 Å². The standard InChI is InChI=1S/C16H31N3O/c1-14(3-2-7-17-15-4-5-15)19-8-6-16(13-19)18-9-11-20-12-10-18/h14-17H,2-13H2,1H3. The number of nitrogens with one attached hydrogen (secondary N) is 1. The van der Waals surface area contributed by atoms with E-state index in [0.29, 0.717) is 0 Å². The Kier molecular flexibility index (Phi) is 5.32. The van der Waals surface area contributed by atoms with Gasteiger partial charge < -0.3 is 10.1 Å². The van der Waals surface area contributed by atoms with Crippen LogP contribution in [0.5, 0.6) is 0 Å². The average molecular weight is 281 g/mol. The highest BCUT2D eigenvalue weighted by molar-refractivity contribution is 4.87. The summed E-state index contributed by atoms with van der Waals surface area (Å²) >= 11 is 0. The second-order valence-corrected chi connectivity index (χ2v) is 6.81. The number of nitrogens with zero attached hydrogens (tertiary/aromatic N) is 2. The maximum absolute atomic E-state index is 5.46. The summed E-state index contributed by atoms with van der Waals surface area (Å²) in [6, 6.07) is 2.40. The van der Waals surface area contributed by atoms with Crippen molar-refractivity contribution in [2.24, 2.45) is 0 Å². The first-order chi connectivity index (χ1) is 9.83. The van der Waals surface area contributed by atoms with E-state index >= 15 is 0 Å². The summed E-state index contributed by atoms with van der Waals surface area (Å²) in [5.74, 6) is 0. The van der Waals surface area contributed by atoms with E-state index in [2.05, 4.69) is 22.0 Å². The first-order valence-corrected chi connectivity index (χ1v) is 8.62. The van der Waals surface area contributed by atoms with E-state index in [4.69, 9.17) is 4.74 Å².